The fourth-order valence-electron chi connectivity index (χ4n) is 9.68. The maximum absolute atomic E-state index is 14.6. The zero-order chi connectivity index (χ0) is 25.6. The largest absolute Gasteiger partial charge is 0.413 e. The van der Waals surface area contributed by atoms with E-state index in [-0.39, 0.29) is 34.9 Å². The Bertz CT molecular complexity index is 867. The second kappa shape index (κ2) is 8.11. The van der Waals surface area contributed by atoms with Gasteiger partial charge in [0.05, 0.1) is 5.60 Å². The lowest BCUT2D eigenvalue weighted by molar-refractivity contribution is -0.168. The van der Waals surface area contributed by atoms with Gasteiger partial charge in [-0.2, -0.15) is 0 Å². The minimum absolute atomic E-state index is 0.0447. The number of ketones is 2. The molecule has 4 aliphatic rings. The number of hydrogen-bond acceptors (Lipinski definition) is 4. The van der Waals surface area contributed by atoms with E-state index in [0.717, 1.165) is 12.8 Å². The van der Waals surface area contributed by atoms with Gasteiger partial charge in [-0.15, -0.1) is 0 Å². The van der Waals surface area contributed by atoms with Gasteiger partial charge in [-0.3, -0.25) is 9.59 Å². The quantitative estimate of drug-likeness (QED) is 0.236. The van der Waals surface area contributed by atoms with Crippen molar-refractivity contribution in [2.45, 2.75) is 116 Å². The van der Waals surface area contributed by atoms with Gasteiger partial charge in [-0.05, 0) is 58.2 Å². The fourth-order valence-corrected chi connectivity index (χ4v) is 15.2. The topological polar surface area (TPSA) is 52.6 Å². The van der Waals surface area contributed by atoms with Crippen molar-refractivity contribution in [2.24, 2.45) is 34.5 Å². The van der Waals surface area contributed by atoms with Gasteiger partial charge in [-0.1, -0.05) is 68.9 Å². The molecule has 34 heavy (non-hydrogen) atoms. The number of methoxy groups -OCH3 is 1. The van der Waals surface area contributed by atoms with Crippen LogP contribution in [0.15, 0.2) is 12.2 Å². The van der Waals surface area contributed by atoms with E-state index in [0.29, 0.717) is 46.9 Å². The van der Waals surface area contributed by atoms with Gasteiger partial charge in [0.1, 0.15) is 5.41 Å². The third-order valence-corrected chi connectivity index (χ3v) is 17.2. The van der Waals surface area contributed by atoms with Crippen LogP contribution in [-0.2, 0) is 18.8 Å². The van der Waals surface area contributed by atoms with Crippen molar-refractivity contribution in [3.63, 3.8) is 0 Å². The Balaban J connectivity index is 1.88. The number of fused-ring (bicyclic) bond motifs is 3. The van der Waals surface area contributed by atoms with Gasteiger partial charge in [0, 0.05) is 32.0 Å². The van der Waals surface area contributed by atoms with E-state index in [2.05, 4.69) is 68.9 Å². The summed E-state index contributed by atoms with van der Waals surface area (Å²) < 4.78 is 13.7. The molecule has 0 saturated heterocycles. The Morgan fingerprint density at radius 1 is 1.00 bits per heavy atom. The number of carbonyl (C=O) groups excluding carboxylic acids is 2. The summed E-state index contributed by atoms with van der Waals surface area (Å²) in [5.41, 5.74) is 0.144. The molecule has 2 bridgehead atoms. The molecule has 4 nitrogen and oxygen atoms in total. The van der Waals surface area contributed by atoms with Crippen molar-refractivity contribution in [2.75, 3.05) is 7.11 Å². The molecule has 4 aliphatic carbocycles. The van der Waals surface area contributed by atoms with Gasteiger partial charge in [0.15, 0.2) is 11.6 Å². The molecular formula is C29H48O4Si. The lowest BCUT2D eigenvalue weighted by Gasteiger charge is -2.48. The van der Waals surface area contributed by atoms with Crippen LogP contribution in [0.5, 0.6) is 0 Å². The highest BCUT2D eigenvalue weighted by Crippen LogP contribution is 2.72. The molecule has 1 spiro atoms. The van der Waals surface area contributed by atoms with Crippen molar-refractivity contribution in [1.82, 2.24) is 0 Å². The highest BCUT2D eigenvalue weighted by Gasteiger charge is 2.77. The maximum Gasteiger partial charge on any atom is 0.200 e. The lowest BCUT2D eigenvalue weighted by Crippen LogP contribution is -2.59. The van der Waals surface area contributed by atoms with Crippen molar-refractivity contribution in [3.05, 3.63) is 12.2 Å². The molecule has 0 aromatic heterocycles. The summed E-state index contributed by atoms with van der Waals surface area (Å²) in [6.07, 6.45) is 2.63. The Labute approximate surface area is 208 Å². The van der Waals surface area contributed by atoms with Gasteiger partial charge in [-0.25, -0.2) is 0 Å². The van der Waals surface area contributed by atoms with Crippen LogP contribution in [0.4, 0.5) is 0 Å². The first-order valence-corrected chi connectivity index (χ1v) is 15.8. The zero-order valence-electron chi connectivity index (χ0n) is 23.3. The monoisotopic (exact) mass is 488 g/mol. The van der Waals surface area contributed by atoms with Crippen molar-refractivity contribution in [1.29, 1.82) is 0 Å². The highest BCUT2D eigenvalue weighted by atomic mass is 28.4. The third-order valence-electron chi connectivity index (χ3n) is 11.1. The number of ether oxygens (including phenoxy) is 1. The van der Waals surface area contributed by atoms with Crippen molar-refractivity contribution < 1.29 is 18.8 Å². The predicted molar refractivity (Wildman–Crippen MR) is 139 cm³/mol. The smallest absolute Gasteiger partial charge is 0.200 e. The Kier molecular flexibility index (Phi) is 6.27. The molecule has 5 heteroatoms. The second-order valence-corrected chi connectivity index (χ2v) is 19.1. The van der Waals surface area contributed by atoms with E-state index in [1.54, 1.807) is 7.11 Å². The van der Waals surface area contributed by atoms with Crippen molar-refractivity contribution >= 4 is 19.9 Å². The molecular weight excluding hydrogens is 440 g/mol. The minimum atomic E-state index is -2.18. The Morgan fingerprint density at radius 2 is 1.56 bits per heavy atom. The first-order valence-electron chi connectivity index (χ1n) is 13.6. The van der Waals surface area contributed by atoms with Gasteiger partial charge >= 0.3 is 0 Å². The molecule has 4 fully saturated rings. The van der Waals surface area contributed by atoms with Crippen LogP contribution in [0, 0.1) is 34.5 Å². The normalized spacial score (nSPS) is 41.6. The highest BCUT2D eigenvalue weighted by molar-refractivity contribution is 6.77. The average molecular weight is 489 g/mol. The first kappa shape index (κ1) is 26.3. The molecule has 0 N–H and O–H groups in total. The first-order chi connectivity index (χ1) is 15.6. The zero-order valence-corrected chi connectivity index (χ0v) is 24.3. The second-order valence-electron chi connectivity index (χ2n) is 13.7. The average Bonchev–Trinajstić information content (AvgIpc) is 3.23. The molecule has 4 rings (SSSR count). The van der Waals surface area contributed by atoms with Crippen LogP contribution in [0.1, 0.15) is 88.0 Å². The molecule has 0 aromatic rings. The molecule has 0 amide bonds. The molecule has 0 unspecified atom stereocenters. The maximum atomic E-state index is 14.6. The van der Waals surface area contributed by atoms with E-state index in [9.17, 15) is 9.59 Å². The Morgan fingerprint density at radius 3 is 2.06 bits per heavy atom. The van der Waals surface area contributed by atoms with Crippen LogP contribution < -0.4 is 0 Å². The summed E-state index contributed by atoms with van der Waals surface area (Å²) in [4.78, 5) is 28.6. The summed E-state index contributed by atoms with van der Waals surface area (Å²) in [5.74, 6) is 0.716. The van der Waals surface area contributed by atoms with E-state index >= 15 is 0 Å². The van der Waals surface area contributed by atoms with E-state index in [4.69, 9.17) is 9.16 Å². The van der Waals surface area contributed by atoms with Gasteiger partial charge < -0.3 is 9.16 Å². The van der Waals surface area contributed by atoms with Crippen molar-refractivity contribution in [3.8, 4) is 0 Å². The number of carbonyl (C=O) groups is 2. The van der Waals surface area contributed by atoms with Gasteiger partial charge in [0.2, 0.25) is 8.32 Å². The van der Waals surface area contributed by atoms with Crippen LogP contribution in [0.3, 0.4) is 0 Å². The molecule has 4 saturated carbocycles. The molecule has 192 valence electrons. The van der Waals surface area contributed by atoms with E-state index in [1.165, 1.54) is 0 Å². The summed E-state index contributed by atoms with van der Waals surface area (Å²) in [5, 5.41) is 0. The number of hydrogen-bond donors (Lipinski definition) is 0. The lowest BCUT2D eigenvalue weighted by atomic mass is 9.59. The molecule has 0 aliphatic heterocycles. The van der Waals surface area contributed by atoms with Crippen LogP contribution in [0.25, 0.3) is 0 Å². The summed E-state index contributed by atoms with van der Waals surface area (Å²) in [6.45, 7) is 24.8. The number of Topliss-reactive ketones (excluding diaryl/α,β-unsaturated/α-hetero) is 2. The standard InChI is InChI=1S/C29H48O4Si/c1-16(2)34(17(3)4,18(5)6)33-21-13-22-24-23(27(24,9)10)12-20(8)29(26(22)31)25(30)19(7)14-28(29,15-21)32-11/h16-18,20-24H,7,12-15H2,1-6,8-11H3/t20-,21+,22+,23-,24+,28-,29+/m1/s1. The Hall–Kier alpha value is -0.783. The third kappa shape index (κ3) is 3.08. The minimum Gasteiger partial charge on any atom is -0.413 e. The summed E-state index contributed by atoms with van der Waals surface area (Å²) in [6, 6.07) is 0. The van der Waals surface area contributed by atoms with Crippen LogP contribution in [0.2, 0.25) is 16.6 Å². The van der Waals surface area contributed by atoms with Crippen LogP contribution >= 0.6 is 0 Å². The molecule has 0 heterocycles. The predicted octanol–water partition coefficient (Wildman–Crippen LogP) is 6.74. The molecule has 7 atom stereocenters. The van der Waals surface area contributed by atoms with E-state index < -0.39 is 19.3 Å². The van der Waals surface area contributed by atoms with Crippen LogP contribution in [-0.4, -0.2) is 38.7 Å². The molecule has 0 radical (unpaired) electrons. The number of rotatable bonds is 6. The van der Waals surface area contributed by atoms with Gasteiger partial charge in [0.25, 0.3) is 0 Å². The fraction of sp³-hybridized carbons (Fsp3) is 0.862. The molecule has 0 aromatic carbocycles. The summed E-state index contributed by atoms with van der Waals surface area (Å²) >= 11 is 0. The summed E-state index contributed by atoms with van der Waals surface area (Å²) in [7, 11) is -0.470. The SMILES string of the molecule is C=C1C[C@@]2(OC)C[C@@H](O[Si](C(C)C)(C(C)C)C(C)C)C[C@@H]3C(=O)[C@@]2(C1=O)[C@H](C)C[C@@H]1[C@H]3C1(C)C. The van der Waals surface area contributed by atoms with E-state index in [1.807, 2.05) is 0 Å².